The summed E-state index contributed by atoms with van der Waals surface area (Å²) in [7, 11) is 0. The summed E-state index contributed by atoms with van der Waals surface area (Å²) in [6.07, 6.45) is -3.62. The molecule has 0 aliphatic carbocycles. The first kappa shape index (κ1) is 15.5. The lowest BCUT2D eigenvalue weighted by molar-refractivity contribution is -0.137. The molecular formula is C14H11BrF3N3. The lowest BCUT2D eigenvalue weighted by Crippen LogP contribution is -2.06. The summed E-state index contributed by atoms with van der Waals surface area (Å²) >= 11 is 3.34. The number of hydrazone groups is 1. The summed E-state index contributed by atoms with van der Waals surface area (Å²) in [5.74, 6) is 0.250. The quantitative estimate of drug-likeness (QED) is 0.638. The number of pyridine rings is 1. The lowest BCUT2D eigenvalue weighted by atomic mass is 10.1. The van der Waals surface area contributed by atoms with Crippen molar-refractivity contribution in [1.82, 2.24) is 4.98 Å². The molecule has 7 heteroatoms. The average molecular weight is 358 g/mol. The van der Waals surface area contributed by atoms with Gasteiger partial charge in [0, 0.05) is 10.7 Å². The number of alkyl halides is 3. The van der Waals surface area contributed by atoms with E-state index in [2.05, 4.69) is 31.4 Å². The van der Waals surface area contributed by atoms with Crippen LogP contribution in [0.5, 0.6) is 0 Å². The Hall–Kier alpha value is -1.89. The van der Waals surface area contributed by atoms with E-state index in [9.17, 15) is 13.2 Å². The molecule has 0 amide bonds. The Bertz CT molecular complexity index is 634. The van der Waals surface area contributed by atoms with Crippen LogP contribution in [0.4, 0.5) is 19.0 Å². The Morgan fingerprint density at radius 3 is 2.33 bits per heavy atom. The van der Waals surface area contributed by atoms with E-state index in [1.807, 2.05) is 24.3 Å². The summed E-state index contributed by atoms with van der Waals surface area (Å²) in [4.78, 5) is 3.68. The second-order valence-electron chi connectivity index (χ2n) is 4.25. The van der Waals surface area contributed by atoms with Crippen LogP contribution < -0.4 is 5.43 Å². The fourth-order valence-corrected chi connectivity index (χ4v) is 1.79. The molecule has 1 aromatic carbocycles. The van der Waals surface area contributed by atoms with Gasteiger partial charge in [-0.2, -0.15) is 18.3 Å². The number of anilines is 1. The van der Waals surface area contributed by atoms with E-state index in [4.69, 9.17) is 0 Å². The van der Waals surface area contributed by atoms with Gasteiger partial charge in [-0.25, -0.2) is 4.98 Å². The van der Waals surface area contributed by atoms with Crippen molar-refractivity contribution in [3.63, 3.8) is 0 Å². The van der Waals surface area contributed by atoms with Gasteiger partial charge in [0.05, 0.1) is 11.3 Å². The molecule has 0 saturated heterocycles. The largest absolute Gasteiger partial charge is 0.417 e. The molecule has 21 heavy (non-hydrogen) atoms. The smallest absolute Gasteiger partial charge is 0.261 e. The Balaban J connectivity index is 2.08. The lowest BCUT2D eigenvalue weighted by Gasteiger charge is -2.07. The number of nitrogens with zero attached hydrogens (tertiary/aromatic N) is 2. The number of hydrogen-bond acceptors (Lipinski definition) is 3. The molecular weight excluding hydrogens is 347 g/mol. The maximum atomic E-state index is 12.4. The van der Waals surface area contributed by atoms with Gasteiger partial charge >= 0.3 is 6.18 Å². The molecule has 0 atom stereocenters. The minimum atomic E-state index is -4.39. The van der Waals surface area contributed by atoms with Crippen LogP contribution in [0.15, 0.2) is 52.2 Å². The van der Waals surface area contributed by atoms with E-state index >= 15 is 0 Å². The normalized spacial score (nSPS) is 12.3. The second-order valence-corrected chi connectivity index (χ2v) is 5.16. The van der Waals surface area contributed by atoms with Gasteiger partial charge in [0.15, 0.2) is 0 Å². The molecule has 0 aliphatic heterocycles. The van der Waals surface area contributed by atoms with Crippen molar-refractivity contribution >= 4 is 27.5 Å². The Labute approximate surface area is 128 Å². The molecule has 0 spiro atoms. The first-order valence-corrected chi connectivity index (χ1v) is 6.75. The van der Waals surface area contributed by atoms with Crippen LogP contribution in [-0.2, 0) is 6.18 Å². The van der Waals surface area contributed by atoms with Crippen LogP contribution in [0, 0.1) is 0 Å². The molecule has 2 aromatic rings. The second kappa shape index (κ2) is 6.26. The van der Waals surface area contributed by atoms with E-state index < -0.39 is 11.7 Å². The van der Waals surface area contributed by atoms with Crippen LogP contribution in [-0.4, -0.2) is 10.7 Å². The molecule has 0 saturated carbocycles. The molecule has 0 bridgehead atoms. The van der Waals surface area contributed by atoms with E-state index in [1.54, 1.807) is 6.92 Å². The SMILES string of the molecule is C/C(=N/Nc1ccc(C(F)(F)F)cn1)c1ccc(Br)cc1. The highest BCUT2D eigenvalue weighted by Gasteiger charge is 2.30. The Kier molecular flexibility index (Phi) is 4.62. The highest BCUT2D eigenvalue weighted by atomic mass is 79.9. The molecule has 1 aromatic heterocycles. The van der Waals surface area contributed by atoms with Crippen molar-refractivity contribution in [2.45, 2.75) is 13.1 Å². The number of benzene rings is 1. The molecule has 3 nitrogen and oxygen atoms in total. The summed E-state index contributed by atoms with van der Waals surface area (Å²) in [5, 5.41) is 4.09. The van der Waals surface area contributed by atoms with Gasteiger partial charge in [-0.1, -0.05) is 28.1 Å². The minimum absolute atomic E-state index is 0.250. The summed E-state index contributed by atoms with van der Waals surface area (Å²) in [6.45, 7) is 1.79. The summed E-state index contributed by atoms with van der Waals surface area (Å²) in [6, 6.07) is 9.71. The number of halogens is 4. The first-order chi connectivity index (χ1) is 9.86. The van der Waals surface area contributed by atoms with Crippen LogP contribution in [0.1, 0.15) is 18.1 Å². The fourth-order valence-electron chi connectivity index (χ4n) is 1.52. The first-order valence-electron chi connectivity index (χ1n) is 5.96. The van der Waals surface area contributed by atoms with E-state index in [0.29, 0.717) is 5.71 Å². The molecule has 1 N–H and O–H groups in total. The minimum Gasteiger partial charge on any atom is -0.261 e. The third-order valence-electron chi connectivity index (χ3n) is 2.69. The van der Waals surface area contributed by atoms with Crippen molar-refractivity contribution in [2.24, 2.45) is 5.10 Å². The predicted octanol–water partition coefficient (Wildman–Crippen LogP) is 4.70. The van der Waals surface area contributed by atoms with Gasteiger partial charge in [0.1, 0.15) is 5.82 Å². The van der Waals surface area contributed by atoms with Gasteiger partial charge in [-0.05, 0) is 36.8 Å². The molecule has 2 rings (SSSR count). The standard InChI is InChI=1S/C14H11BrF3N3/c1-9(10-2-5-12(15)6-3-10)20-21-13-7-4-11(8-19-13)14(16,17)18/h2-8H,1H3,(H,19,21)/b20-9-. The number of rotatable bonds is 3. The Morgan fingerprint density at radius 2 is 1.81 bits per heavy atom. The molecule has 0 radical (unpaired) electrons. The van der Waals surface area contributed by atoms with Gasteiger partial charge in [-0.3, -0.25) is 5.43 Å². The molecule has 0 fully saturated rings. The summed E-state index contributed by atoms with van der Waals surface area (Å²) in [5.41, 5.74) is 3.44. The maximum absolute atomic E-state index is 12.4. The monoisotopic (exact) mass is 357 g/mol. The van der Waals surface area contributed by atoms with Crippen LogP contribution >= 0.6 is 15.9 Å². The van der Waals surface area contributed by atoms with E-state index in [0.717, 1.165) is 22.3 Å². The van der Waals surface area contributed by atoms with Crippen LogP contribution in [0.25, 0.3) is 0 Å². The van der Waals surface area contributed by atoms with Gasteiger partial charge in [-0.15, -0.1) is 0 Å². The van der Waals surface area contributed by atoms with Crippen LogP contribution in [0.2, 0.25) is 0 Å². The van der Waals surface area contributed by atoms with Gasteiger partial charge < -0.3 is 0 Å². The molecule has 0 unspecified atom stereocenters. The fraction of sp³-hybridized carbons (Fsp3) is 0.143. The van der Waals surface area contributed by atoms with Gasteiger partial charge in [0.25, 0.3) is 0 Å². The topological polar surface area (TPSA) is 37.3 Å². The Morgan fingerprint density at radius 1 is 1.14 bits per heavy atom. The zero-order valence-electron chi connectivity index (χ0n) is 10.9. The van der Waals surface area contributed by atoms with Crippen molar-refractivity contribution in [2.75, 3.05) is 5.43 Å². The van der Waals surface area contributed by atoms with Crippen molar-refractivity contribution < 1.29 is 13.2 Å². The maximum Gasteiger partial charge on any atom is 0.417 e. The zero-order chi connectivity index (χ0) is 15.5. The number of aromatic nitrogens is 1. The van der Waals surface area contributed by atoms with E-state index in [1.165, 1.54) is 6.07 Å². The van der Waals surface area contributed by atoms with Crippen molar-refractivity contribution in [3.8, 4) is 0 Å². The molecule has 110 valence electrons. The molecule has 1 heterocycles. The van der Waals surface area contributed by atoms with Crippen molar-refractivity contribution in [1.29, 1.82) is 0 Å². The third kappa shape index (κ3) is 4.29. The zero-order valence-corrected chi connectivity index (χ0v) is 12.5. The number of nitrogens with one attached hydrogen (secondary N) is 1. The van der Waals surface area contributed by atoms with E-state index in [-0.39, 0.29) is 5.82 Å². The molecule has 0 aliphatic rings. The third-order valence-corrected chi connectivity index (χ3v) is 3.22. The predicted molar refractivity (Wildman–Crippen MR) is 79.2 cm³/mol. The highest BCUT2D eigenvalue weighted by Crippen LogP contribution is 2.28. The van der Waals surface area contributed by atoms with Crippen molar-refractivity contribution in [3.05, 3.63) is 58.2 Å². The van der Waals surface area contributed by atoms with Gasteiger partial charge in [0.2, 0.25) is 0 Å². The summed E-state index contributed by atoms with van der Waals surface area (Å²) < 4.78 is 38.1. The average Bonchev–Trinajstić information content (AvgIpc) is 2.45. The highest BCUT2D eigenvalue weighted by molar-refractivity contribution is 9.10. The number of hydrogen-bond donors (Lipinski definition) is 1. The van der Waals surface area contributed by atoms with Crippen LogP contribution in [0.3, 0.4) is 0 Å².